The SMILES string of the molecule is Cc1ccc(-c2ccc(-c3nc4ccc(F)cc4c(C(=O)O)c3C)o2)cc1. The van der Waals surface area contributed by atoms with Gasteiger partial charge in [-0.15, -0.1) is 0 Å². The fraction of sp³-hybridized carbons (Fsp3) is 0.0909. The van der Waals surface area contributed by atoms with Crippen LogP contribution in [0.15, 0.2) is 59.0 Å². The molecular weight excluding hydrogens is 345 g/mol. The van der Waals surface area contributed by atoms with E-state index in [-0.39, 0.29) is 10.9 Å². The molecule has 2 aromatic carbocycles. The van der Waals surface area contributed by atoms with Gasteiger partial charge < -0.3 is 9.52 Å². The lowest BCUT2D eigenvalue weighted by Crippen LogP contribution is -2.05. The lowest BCUT2D eigenvalue weighted by molar-refractivity contribution is 0.0698. The first kappa shape index (κ1) is 17.0. The number of halogens is 1. The number of pyridine rings is 1. The van der Waals surface area contributed by atoms with Crippen LogP contribution in [0.5, 0.6) is 0 Å². The lowest BCUT2D eigenvalue weighted by atomic mass is 10.0. The van der Waals surface area contributed by atoms with Crippen LogP contribution in [0.4, 0.5) is 4.39 Å². The van der Waals surface area contributed by atoms with E-state index >= 15 is 0 Å². The van der Waals surface area contributed by atoms with Crippen molar-refractivity contribution in [1.82, 2.24) is 4.98 Å². The summed E-state index contributed by atoms with van der Waals surface area (Å²) in [6.07, 6.45) is 0. The molecule has 0 bridgehead atoms. The van der Waals surface area contributed by atoms with Gasteiger partial charge in [0.2, 0.25) is 0 Å². The number of hydrogen-bond donors (Lipinski definition) is 1. The summed E-state index contributed by atoms with van der Waals surface area (Å²) in [5.41, 5.74) is 3.38. The molecular formula is C22H16FNO3. The van der Waals surface area contributed by atoms with Crippen molar-refractivity contribution in [1.29, 1.82) is 0 Å². The van der Waals surface area contributed by atoms with Crippen LogP contribution >= 0.6 is 0 Å². The molecule has 4 rings (SSSR count). The lowest BCUT2D eigenvalue weighted by Gasteiger charge is -2.10. The molecule has 0 atom stereocenters. The van der Waals surface area contributed by atoms with E-state index in [4.69, 9.17) is 4.42 Å². The van der Waals surface area contributed by atoms with Gasteiger partial charge in [-0.2, -0.15) is 0 Å². The fourth-order valence-corrected chi connectivity index (χ4v) is 3.18. The summed E-state index contributed by atoms with van der Waals surface area (Å²) >= 11 is 0. The first-order valence-corrected chi connectivity index (χ1v) is 8.44. The number of hydrogen-bond acceptors (Lipinski definition) is 3. The molecule has 0 saturated carbocycles. The molecule has 0 saturated heterocycles. The molecule has 0 unspecified atom stereocenters. The summed E-state index contributed by atoms with van der Waals surface area (Å²) < 4.78 is 19.6. The van der Waals surface area contributed by atoms with Gasteiger partial charge in [-0.1, -0.05) is 29.8 Å². The maximum Gasteiger partial charge on any atom is 0.336 e. The highest BCUT2D eigenvalue weighted by atomic mass is 19.1. The molecule has 5 heteroatoms. The minimum atomic E-state index is -1.13. The second kappa shape index (κ2) is 6.36. The number of nitrogens with zero attached hydrogens (tertiary/aromatic N) is 1. The quantitative estimate of drug-likeness (QED) is 0.515. The smallest absolute Gasteiger partial charge is 0.336 e. The van der Waals surface area contributed by atoms with E-state index in [0.717, 1.165) is 11.1 Å². The van der Waals surface area contributed by atoms with E-state index in [2.05, 4.69) is 4.98 Å². The third-order valence-electron chi connectivity index (χ3n) is 4.58. The van der Waals surface area contributed by atoms with Crippen molar-refractivity contribution in [2.24, 2.45) is 0 Å². The highest BCUT2D eigenvalue weighted by molar-refractivity contribution is 6.05. The Hall–Kier alpha value is -3.47. The van der Waals surface area contributed by atoms with Crippen LogP contribution in [0, 0.1) is 19.7 Å². The van der Waals surface area contributed by atoms with Crippen LogP contribution in [0.3, 0.4) is 0 Å². The van der Waals surface area contributed by atoms with Crippen LogP contribution in [0.2, 0.25) is 0 Å². The summed E-state index contributed by atoms with van der Waals surface area (Å²) in [4.78, 5) is 16.3. The summed E-state index contributed by atoms with van der Waals surface area (Å²) in [7, 11) is 0. The number of benzene rings is 2. The number of carbonyl (C=O) groups is 1. The summed E-state index contributed by atoms with van der Waals surface area (Å²) in [5, 5.41) is 9.93. The standard InChI is InChI=1S/C22H16FNO3/c1-12-3-5-14(6-4-12)18-9-10-19(27-18)21-13(2)20(22(25)26)16-11-15(23)7-8-17(16)24-21/h3-11H,1-2H3,(H,25,26). The molecule has 0 spiro atoms. The van der Waals surface area contributed by atoms with E-state index < -0.39 is 11.8 Å². The monoisotopic (exact) mass is 361 g/mol. The molecule has 0 fully saturated rings. The van der Waals surface area contributed by atoms with E-state index in [1.165, 1.54) is 18.2 Å². The number of carboxylic acid groups (broad SMARTS) is 1. The fourth-order valence-electron chi connectivity index (χ4n) is 3.18. The number of furan rings is 1. The van der Waals surface area contributed by atoms with Gasteiger partial charge in [0.25, 0.3) is 0 Å². The van der Waals surface area contributed by atoms with Gasteiger partial charge in [0.15, 0.2) is 5.76 Å². The number of aromatic nitrogens is 1. The molecule has 0 aliphatic carbocycles. The number of aryl methyl sites for hydroxylation is 1. The third-order valence-corrected chi connectivity index (χ3v) is 4.58. The zero-order chi connectivity index (χ0) is 19.1. The Bertz CT molecular complexity index is 1180. The minimum Gasteiger partial charge on any atom is -0.478 e. The van der Waals surface area contributed by atoms with Gasteiger partial charge in [-0.05, 0) is 49.7 Å². The maximum absolute atomic E-state index is 13.6. The van der Waals surface area contributed by atoms with Crippen LogP contribution < -0.4 is 0 Å². The van der Waals surface area contributed by atoms with Gasteiger partial charge in [-0.25, -0.2) is 14.2 Å². The van der Waals surface area contributed by atoms with Crippen LogP contribution in [0.1, 0.15) is 21.5 Å². The van der Waals surface area contributed by atoms with Crippen molar-refractivity contribution >= 4 is 16.9 Å². The van der Waals surface area contributed by atoms with E-state index in [0.29, 0.717) is 28.3 Å². The number of rotatable bonds is 3. The first-order chi connectivity index (χ1) is 12.9. The molecule has 134 valence electrons. The van der Waals surface area contributed by atoms with Crippen molar-refractivity contribution in [2.75, 3.05) is 0 Å². The Balaban J connectivity index is 1.89. The number of fused-ring (bicyclic) bond motifs is 1. The highest BCUT2D eigenvalue weighted by Crippen LogP contribution is 2.33. The zero-order valence-corrected chi connectivity index (χ0v) is 14.8. The normalized spacial score (nSPS) is 11.1. The van der Waals surface area contributed by atoms with Crippen LogP contribution in [-0.2, 0) is 0 Å². The Morgan fingerprint density at radius 2 is 1.70 bits per heavy atom. The topological polar surface area (TPSA) is 63.3 Å². The summed E-state index contributed by atoms with van der Waals surface area (Å²) in [5.74, 6) is -0.491. The average Bonchev–Trinajstić information content (AvgIpc) is 3.11. The van der Waals surface area contributed by atoms with E-state index in [1.807, 2.05) is 37.3 Å². The van der Waals surface area contributed by atoms with Crippen molar-refractivity contribution in [3.05, 3.63) is 77.1 Å². The van der Waals surface area contributed by atoms with E-state index in [1.54, 1.807) is 13.0 Å². The molecule has 4 aromatic rings. The maximum atomic E-state index is 13.6. The molecule has 0 amide bonds. The Morgan fingerprint density at radius 1 is 1.00 bits per heavy atom. The molecule has 0 aliphatic rings. The summed E-state index contributed by atoms with van der Waals surface area (Å²) in [6.45, 7) is 3.67. The van der Waals surface area contributed by atoms with Crippen molar-refractivity contribution < 1.29 is 18.7 Å². The van der Waals surface area contributed by atoms with Gasteiger partial charge in [0.1, 0.15) is 17.3 Å². The molecule has 0 aliphatic heterocycles. The number of aromatic carboxylic acids is 1. The molecule has 4 nitrogen and oxygen atoms in total. The Labute approximate surface area is 154 Å². The van der Waals surface area contributed by atoms with Crippen molar-refractivity contribution in [3.8, 4) is 22.8 Å². The molecule has 0 radical (unpaired) electrons. The minimum absolute atomic E-state index is 0.0304. The Kier molecular flexibility index (Phi) is 4.00. The molecule has 2 heterocycles. The largest absolute Gasteiger partial charge is 0.478 e. The number of carboxylic acids is 1. The third kappa shape index (κ3) is 2.97. The predicted molar refractivity (Wildman–Crippen MR) is 101 cm³/mol. The average molecular weight is 361 g/mol. The van der Waals surface area contributed by atoms with E-state index in [9.17, 15) is 14.3 Å². The molecule has 2 aromatic heterocycles. The molecule has 27 heavy (non-hydrogen) atoms. The predicted octanol–water partition coefficient (Wildman–Crippen LogP) is 5.62. The molecule has 1 N–H and O–H groups in total. The highest BCUT2D eigenvalue weighted by Gasteiger charge is 2.20. The zero-order valence-electron chi connectivity index (χ0n) is 14.8. The van der Waals surface area contributed by atoms with Crippen molar-refractivity contribution in [3.63, 3.8) is 0 Å². The first-order valence-electron chi connectivity index (χ1n) is 8.44. The summed E-state index contributed by atoms with van der Waals surface area (Å²) in [6, 6.07) is 15.4. The van der Waals surface area contributed by atoms with Gasteiger partial charge in [0.05, 0.1) is 11.1 Å². The van der Waals surface area contributed by atoms with Gasteiger partial charge in [0, 0.05) is 10.9 Å². The Morgan fingerprint density at radius 3 is 2.41 bits per heavy atom. The van der Waals surface area contributed by atoms with Crippen molar-refractivity contribution in [2.45, 2.75) is 13.8 Å². The van der Waals surface area contributed by atoms with Gasteiger partial charge >= 0.3 is 5.97 Å². The van der Waals surface area contributed by atoms with Gasteiger partial charge in [-0.3, -0.25) is 0 Å². The second-order valence-corrected chi connectivity index (χ2v) is 6.46. The second-order valence-electron chi connectivity index (χ2n) is 6.46. The van der Waals surface area contributed by atoms with Crippen LogP contribution in [0.25, 0.3) is 33.7 Å². The van der Waals surface area contributed by atoms with Crippen LogP contribution in [-0.4, -0.2) is 16.1 Å².